The second-order valence-corrected chi connectivity index (χ2v) is 5.60. The lowest BCUT2D eigenvalue weighted by Gasteiger charge is -2.23. The molecule has 0 bridgehead atoms. The van der Waals surface area contributed by atoms with E-state index in [0.717, 1.165) is 32.1 Å². The quantitative estimate of drug-likeness (QED) is 0.854. The number of rotatable bonds is 4. The van der Waals surface area contributed by atoms with Gasteiger partial charge in [0, 0.05) is 6.54 Å². The molecule has 0 saturated heterocycles. The zero-order valence-electron chi connectivity index (χ0n) is 11.9. The van der Waals surface area contributed by atoms with Gasteiger partial charge in [-0.25, -0.2) is 0 Å². The van der Waals surface area contributed by atoms with E-state index in [-0.39, 0.29) is 5.91 Å². The molecule has 1 aromatic carbocycles. The van der Waals surface area contributed by atoms with Crippen LogP contribution in [0, 0.1) is 16.7 Å². The number of amides is 1. The molecule has 0 heterocycles. The third kappa shape index (κ3) is 3.60. The third-order valence-electron chi connectivity index (χ3n) is 4.15. The molecule has 2 rings (SSSR count). The van der Waals surface area contributed by atoms with Gasteiger partial charge in [0.2, 0.25) is 5.91 Å². The summed E-state index contributed by atoms with van der Waals surface area (Å²) in [4.78, 5) is 12.4. The van der Waals surface area contributed by atoms with Crippen LogP contribution in [-0.2, 0) is 11.2 Å². The van der Waals surface area contributed by atoms with Crippen molar-refractivity contribution in [1.29, 1.82) is 5.26 Å². The smallest absolute Gasteiger partial charge is 0.240 e. The van der Waals surface area contributed by atoms with Crippen molar-refractivity contribution in [3.63, 3.8) is 0 Å². The minimum atomic E-state index is -0.785. The van der Waals surface area contributed by atoms with E-state index in [0.29, 0.717) is 19.4 Å². The van der Waals surface area contributed by atoms with Gasteiger partial charge in [0.25, 0.3) is 0 Å². The van der Waals surface area contributed by atoms with Crippen molar-refractivity contribution in [3.05, 3.63) is 35.9 Å². The first-order valence-electron chi connectivity index (χ1n) is 7.50. The number of benzene rings is 1. The second kappa shape index (κ2) is 7.09. The van der Waals surface area contributed by atoms with E-state index in [1.54, 1.807) is 0 Å². The highest BCUT2D eigenvalue weighted by Gasteiger charge is 2.38. The monoisotopic (exact) mass is 270 g/mol. The highest BCUT2D eigenvalue weighted by molar-refractivity contribution is 5.85. The average molecular weight is 270 g/mol. The third-order valence-corrected chi connectivity index (χ3v) is 4.15. The molecule has 3 heteroatoms. The Kier molecular flexibility index (Phi) is 5.17. The van der Waals surface area contributed by atoms with Crippen LogP contribution in [0.25, 0.3) is 0 Å². The van der Waals surface area contributed by atoms with Crippen LogP contribution in [0.15, 0.2) is 30.3 Å². The van der Waals surface area contributed by atoms with E-state index in [2.05, 4.69) is 23.5 Å². The van der Waals surface area contributed by atoms with E-state index in [4.69, 9.17) is 0 Å². The molecule has 1 N–H and O–H groups in total. The van der Waals surface area contributed by atoms with Gasteiger partial charge in [0.15, 0.2) is 0 Å². The van der Waals surface area contributed by atoms with Crippen molar-refractivity contribution in [3.8, 4) is 6.07 Å². The highest BCUT2D eigenvalue weighted by atomic mass is 16.2. The fourth-order valence-corrected chi connectivity index (χ4v) is 2.86. The number of carbonyl (C=O) groups is 1. The van der Waals surface area contributed by atoms with Crippen molar-refractivity contribution in [2.24, 2.45) is 5.41 Å². The average Bonchev–Trinajstić information content (AvgIpc) is 2.74. The molecule has 1 amide bonds. The second-order valence-electron chi connectivity index (χ2n) is 5.60. The lowest BCUT2D eigenvalue weighted by Crippen LogP contribution is -2.40. The van der Waals surface area contributed by atoms with Gasteiger partial charge >= 0.3 is 0 Å². The zero-order valence-corrected chi connectivity index (χ0v) is 11.9. The van der Waals surface area contributed by atoms with Crippen LogP contribution in [-0.4, -0.2) is 12.5 Å². The Hall–Kier alpha value is -1.82. The predicted molar refractivity (Wildman–Crippen MR) is 78.9 cm³/mol. The van der Waals surface area contributed by atoms with Crippen LogP contribution in [0.5, 0.6) is 0 Å². The summed E-state index contributed by atoms with van der Waals surface area (Å²) in [6, 6.07) is 12.4. The first-order valence-corrected chi connectivity index (χ1v) is 7.50. The first-order chi connectivity index (χ1) is 9.77. The van der Waals surface area contributed by atoms with Gasteiger partial charge in [-0.05, 0) is 24.8 Å². The standard InChI is InChI=1S/C17H22N2O/c18-14-17(11-6-1-2-7-12-17)16(20)19-13-10-15-8-4-3-5-9-15/h3-5,8-9H,1-2,6-7,10-13H2,(H,19,20). The molecule has 0 atom stereocenters. The van der Waals surface area contributed by atoms with Crippen molar-refractivity contribution in [1.82, 2.24) is 5.32 Å². The number of carbonyl (C=O) groups excluding carboxylic acids is 1. The molecule has 1 aliphatic carbocycles. The molecule has 1 aliphatic rings. The van der Waals surface area contributed by atoms with Gasteiger partial charge in [-0.3, -0.25) is 4.79 Å². The summed E-state index contributed by atoms with van der Waals surface area (Å²) in [5, 5.41) is 12.4. The van der Waals surface area contributed by atoms with E-state index in [1.165, 1.54) is 5.56 Å². The van der Waals surface area contributed by atoms with Crippen LogP contribution in [0.4, 0.5) is 0 Å². The lowest BCUT2D eigenvalue weighted by molar-refractivity contribution is -0.128. The molecule has 0 aromatic heterocycles. The summed E-state index contributed by atoms with van der Waals surface area (Å²) < 4.78 is 0. The van der Waals surface area contributed by atoms with Crippen molar-refractivity contribution >= 4 is 5.91 Å². The number of hydrogen-bond donors (Lipinski definition) is 1. The number of nitrogens with zero attached hydrogens (tertiary/aromatic N) is 1. The van der Waals surface area contributed by atoms with E-state index < -0.39 is 5.41 Å². The molecule has 1 fully saturated rings. The maximum Gasteiger partial charge on any atom is 0.240 e. The molecular weight excluding hydrogens is 248 g/mol. The maximum atomic E-state index is 12.4. The summed E-state index contributed by atoms with van der Waals surface area (Å²) in [5.74, 6) is -0.0715. The summed E-state index contributed by atoms with van der Waals surface area (Å²) in [7, 11) is 0. The Morgan fingerprint density at radius 1 is 1.15 bits per heavy atom. The van der Waals surface area contributed by atoms with Gasteiger partial charge in [0.1, 0.15) is 5.41 Å². The van der Waals surface area contributed by atoms with Gasteiger partial charge in [0.05, 0.1) is 6.07 Å². The largest absolute Gasteiger partial charge is 0.354 e. The Morgan fingerprint density at radius 2 is 1.80 bits per heavy atom. The van der Waals surface area contributed by atoms with Crippen LogP contribution >= 0.6 is 0 Å². The summed E-state index contributed by atoms with van der Waals surface area (Å²) >= 11 is 0. The maximum absolute atomic E-state index is 12.4. The summed E-state index contributed by atoms with van der Waals surface area (Å²) in [6.45, 7) is 0.603. The molecule has 0 aliphatic heterocycles. The Bertz CT molecular complexity index is 468. The van der Waals surface area contributed by atoms with Gasteiger partial charge in [-0.2, -0.15) is 5.26 Å². The molecule has 0 radical (unpaired) electrons. The highest BCUT2D eigenvalue weighted by Crippen LogP contribution is 2.34. The number of hydrogen-bond acceptors (Lipinski definition) is 2. The van der Waals surface area contributed by atoms with Crippen LogP contribution < -0.4 is 5.32 Å². The normalized spacial score (nSPS) is 17.8. The lowest BCUT2D eigenvalue weighted by atomic mass is 9.81. The SMILES string of the molecule is N#CC1(C(=O)NCCc2ccccc2)CCCCCC1. The van der Waals surface area contributed by atoms with Crippen LogP contribution in [0.1, 0.15) is 44.1 Å². The first kappa shape index (κ1) is 14.6. The minimum Gasteiger partial charge on any atom is -0.354 e. The van der Waals surface area contributed by atoms with Crippen LogP contribution in [0.3, 0.4) is 0 Å². The van der Waals surface area contributed by atoms with Crippen molar-refractivity contribution < 1.29 is 4.79 Å². The van der Waals surface area contributed by atoms with Gasteiger partial charge in [-0.15, -0.1) is 0 Å². The molecule has 0 unspecified atom stereocenters. The fraction of sp³-hybridized carbons (Fsp3) is 0.529. The molecule has 3 nitrogen and oxygen atoms in total. The molecule has 20 heavy (non-hydrogen) atoms. The fourth-order valence-electron chi connectivity index (χ4n) is 2.86. The van der Waals surface area contributed by atoms with Crippen molar-refractivity contribution in [2.45, 2.75) is 44.9 Å². The molecule has 106 valence electrons. The molecule has 1 aromatic rings. The minimum absolute atomic E-state index is 0.0715. The number of nitrogens with one attached hydrogen (secondary N) is 1. The Labute approximate surface area is 121 Å². The molecule has 1 saturated carbocycles. The van der Waals surface area contributed by atoms with Gasteiger partial charge in [-0.1, -0.05) is 56.0 Å². The predicted octanol–water partition coefficient (Wildman–Crippen LogP) is 3.21. The summed E-state index contributed by atoms with van der Waals surface area (Å²) in [5.41, 5.74) is 0.423. The Balaban J connectivity index is 1.88. The molecule has 0 spiro atoms. The van der Waals surface area contributed by atoms with Gasteiger partial charge < -0.3 is 5.32 Å². The van der Waals surface area contributed by atoms with E-state index in [9.17, 15) is 10.1 Å². The molecular formula is C17H22N2O. The Morgan fingerprint density at radius 3 is 2.40 bits per heavy atom. The van der Waals surface area contributed by atoms with E-state index in [1.807, 2.05) is 18.2 Å². The van der Waals surface area contributed by atoms with Crippen molar-refractivity contribution in [2.75, 3.05) is 6.54 Å². The van der Waals surface area contributed by atoms with Crippen LogP contribution in [0.2, 0.25) is 0 Å². The summed E-state index contributed by atoms with van der Waals surface area (Å²) in [6.07, 6.45) is 6.48. The topological polar surface area (TPSA) is 52.9 Å². The van der Waals surface area contributed by atoms with E-state index >= 15 is 0 Å². The number of nitriles is 1. The zero-order chi connectivity index (χ0) is 14.3.